The van der Waals surface area contributed by atoms with Gasteiger partial charge in [-0.1, -0.05) is 17.3 Å². The maximum atomic E-state index is 13.7. The number of amides is 1. The van der Waals surface area contributed by atoms with Crippen LogP contribution in [0.4, 0.5) is 15.9 Å². The molecule has 6 rings (SSSR count). The van der Waals surface area contributed by atoms with Gasteiger partial charge in [0.1, 0.15) is 35.6 Å². The fourth-order valence-corrected chi connectivity index (χ4v) is 6.49. The number of carbonyl (C=O) groups is 1. The highest BCUT2D eigenvalue weighted by molar-refractivity contribution is 7.92. The topological polar surface area (TPSA) is 163 Å². The van der Waals surface area contributed by atoms with Gasteiger partial charge in [-0.15, -0.1) is 5.10 Å². The third-order valence-electron chi connectivity index (χ3n) is 7.89. The van der Waals surface area contributed by atoms with Gasteiger partial charge in [0.25, 0.3) is 5.91 Å². The van der Waals surface area contributed by atoms with Gasteiger partial charge in [-0.3, -0.25) is 9.52 Å². The molecule has 3 N–H and O–H groups in total. The van der Waals surface area contributed by atoms with Crippen molar-refractivity contribution >= 4 is 27.4 Å². The summed E-state index contributed by atoms with van der Waals surface area (Å²) >= 11 is 0. The van der Waals surface area contributed by atoms with Gasteiger partial charge in [0.05, 0.1) is 43.0 Å². The van der Waals surface area contributed by atoms with E-state index < -0.39 is 46.8 Å². The number of pyridine rings is 1. The molecule has 5 heterocycles. The molecule has 15 heteroatoms. The Bertz CT molecular complexity index is 1540. The average molecular weight is 588 g/mol. The molecule has 2 aromatic heterocycles. The third kappa shape index (κ3) is 5.49. The number of rotatable bonds is 7. The van der Waals surface area contributed by atoms with E-state index in [-0.39, 0.29) is 30.2 Å². The molecule has 4 unspecified atom stereocenters. The zero-order valence-corrected chi connectivity index (χ0v) is 22.9. The SMILES string of the molecule is CS(=O)(=O)Nc1ccc(N2C[C@@H]3C[C@H]2CN3C(=O)C2CC(n3cc(-c4cccc(F)c4)nn3)C(O)C(CO)O2)cn1. The van der Waals surface area contributed by atoms with Crippen LogP contribution in [-0.4, -0.2) is 106 Å². The first-order chi connectivity index (χ1) is 19.6. The molecule has 3 saturated heterocycles. The van der Waals surface area contributed by atoms with Crippen LogP contribution in [0.15, 0.2) is 48.8 Å². The third-order valence-corrected chi connectivity index (χ3v) is 8.47. The molecule has 218 valence electrons. The molecule has 0 aliphatic carbocycles. The minimum absolute atomic E-state index is 0.0576. The smallest absolute Gasteiger partial charge is 0.252 e. The summed E-state index contributed by atoms with van der Waals surface area (Å²) in [5.74, 6) is -0.397. The van der Waals surface area contributed by atoms with Crippen LogP contribution in [0.3, 0.4) is 0 Å². The summed E-state index contributed by atoms with van der Waals surface area (Å²) in [6.45, 7) is 0.569. The second-order valence-electron chi connectivity index (χ2n) is 10.7. The first-order valence-corrected chi connectivity index (χ1v) is 15.1. The van der Waals surface area contributed by atoms with Crippen LogP contribution in [0.25, 0.3) is 11.3 Å². The number of piperazine rings is 1. The molecule has 3 aliphatic heterocycles. The quantitative estimate of drug-likeness (QED) is 0.353. The van der Waals surface area contributed by atoms with Crippen LogP contribution in [0, 0.1) is 5.82 Å². The highest BCUT2D eigenvalue weighted by Gasteiger charge is 2.49. The van der Waals surface area contributed by atoms with Crippen molar-refractivity contribution in [3.8, 4) is 11.3 Å². The van der Waals surface area contributed by atoms with Crippen LogP contribution in [0.1, 0.15) is 18.9 Å². The summed E-state index contributed by atoms with van der Waals surface area (Å²) < 4.78 is 46.3. The lowest BCUT2D eigenvalue weighted by Gasteiger charge is -2.41. The maximum absolute atomic E-state index is 13.7. The van der Waals surface area contributed by atoms with Crippen LogP contribution >= 0.6 is 0 Å². The summed E-state index contributed by atoms with van der Waals surface area (Å²) in [5.41, 5.74) is 1.78. The molecule has 3 aliphatic rings. The number of hydrogen-bond acceptors (Lipinski definition) is 10. The largest absolute Gasteiger partial charge is 0.394 e. The minimum Gasteiger partial charge on any atom is -0.394 e. The Kier molecular flexibility index (Phi) is 7.13. The van der Waals surface area contributed by atoms with Crippen molar-refractivity contribution in [3.05, 3.63) is 54.6 Å². The number of benzene rings is 1. The number of aliphatic hydroxyl groups is 2. The monoisotopic (exact) mass is 587 g/mol. The molecule has 1 amide bonds. The number of likely N-dealkylation sites (tertiary alicyclic amines) is 1. The number of hydrogen-bond donors (Lipinski definition) is 3. The Balaban J connectivity index is 1.14. The predicted octanol–water partition coefficient (Wildman–Crippen LogP) is 0.392. The van der Waals surface area contributed by atoms with Gasteiger partial charge in [0.2, 0.25) is 10.0 Å². The Morgan fingerprint density at radius 3 is 2.68 bits per heavy atom. The van der Waals surface area contributed by atoms with Gasteiger partial charge in [0, 0.05) is 31.1 Å². The number of ether oxygens (including phenoxy) is 1. The van der Waals surface area contributed by atoms with Gasteiger partial charge in [-0.25, -0.2) is 22.5 Å². The molecule has 3 fully saturated rings. The Labute approximate surface area is 235 Å². The second kappa shape index (κ2) is 10.6. The van der Waals surface area contributed by atoms with E-state index in [2.05, 4.69) is 24.9 Å². The van der Waals surface area contributed by atoms with E-state index in [4.69, 9.17) is 4.74 Å². The molecule has 2 bridgehead atoms. The number of sulfonamides is 1. The van der Waals surface area contributed by atoms with Gasteiger partial charge in [-0.2, -0.15) is 0 Å². The van der Waals surface area contributed by atoms with Crippen LogP contribution < -0.4 is 9.62 Å². The van der Waals surface area contributed by atoms with E-state index in [0.29, 0.717) is 24.3 Å². The van der Waals surface area contributed by atoms with Crippen molar-refractivity contribution < 1.29 is 32.6 Å². The molecule has 3 aromatic rings. The summed E-state index contributed by atoms with van der Waals surface area (Å²) in [4.78, 5) is 21.8. The second-order valence-corrected chi connectivity index (χ2v) is 12.4. The summed E-state index contributed by atoms with van der Waals surface area (Å²) in [7, 11) is -3.43. The van der Waals surface area contributed by atoms with E-state index in [0.717, 1.165) is 18.4 Å². The van der Waals surface area contributed by atoms with Crippen molar-refractivity contribution in [2.75, 3.05) is 35.6 Å². The predicted molar refractivity (Wildman–Crippen MR) is 145 cm³/mol. The molecule has 1 aromatic carbocycles. The van der Waals surface area contributed by atoms with Gasteiger partial charge in [-0.05, 0) is 30.7 Å². The molecular formula is C26H30FN7O6S. The number of nitrogens with zero attached hydrogens (tertiary/aromatic N) is 6. The van der Waals surface area contributed by atoms with Gasteiger partial charge in [0.15, 0.2) is 0 Å². The number of nitrogens with one attached hydrogen (secondary N) is 1. The zero-order valence-electron chi connectivity index (χ0n) is 22.1. The lowest BCUT2D eigenvalue weighted by Crippen LogP contribution is -2.56. The van der Waals surface area contributed by atoms with E-state index in [9.17, 15) is 27.8 Å². The van der Waals surface area contributed by atoms with Crippen molar-refractivity contribution in [2.24, 2.45) is 0 Å². The Morgan fingerprint density at radius 1 is 1.20 bits per heavy atom. The first-order valence-electron chi connectivity index (χ1n) is 13.2. The summed E-state index contributed by atoms with van der Waals surface area (Å²) in [5, 5.41) is 29.1. The van der Waals surface area contributed by atoms with Crippen LogP contribution in [0.2, 0.25) is 0 Å². The van der Waals surface area contributed by atoms with Gasteiger partial charge < -0.3 is 24.7 Å². The number of carbonyl (C=O) groups excluding carboxylic acids is 1. The number of aliphatic hydroxyl groups excluding tert-OH is 2. The van der Waals surface area contributed by atoms with E-state index in [1.54, 1.807) is 41.6 Å². The number of halogens is 1. The minimum atomic E-state index is -3.43. The van der Waals surface area contributed by atoms with E-state index in [1.807, 2.05) is 0 Å². The number of fused-ring (bicyclic) bond motifs is 2. The highest BCUT2D eigenvalue weighted by atomic mass is 32.2. The molecule has 6 atom stereocenters. The average Bonchev–Trinajstić information content (AvgIpc) is 3.69. The molecule has 0 spiro atoms. The number of anilines is 2. The Hall–Kier alpha value is -3.66. The molecule has 41 heavy (non-hydrogen) atoms. The number of aromatic nitrogens is 4. The lowest BCUT2D eigenvalue weighted by molar-refractivity contribution is -0.179. The standard InChI is InChI=1S/C26H30FN7O6S/c1-41(38,39)30-24-6-5-17(10-28-24)32-11-19-8-18(32)12-33(19)26(37)22-9-21(25(36)23(14-35)40-22)34-13-20(29-31-34)15-3-2-4-16(27)7-15/h2-7,10,13,18-19,21-23,25,35-36H,8-9,11-12,14H2,1H3,(H,28,30)/t18-,19-,21?,22?,23?,25?/m0/s1. The van der Waals surface area contributed by atoms with Crippen LogP contribution in [-0.2, 0) is 19.6 Å². The Morgan fingerprint density at radius 2 is 2.02 bits per heavy atom. The van der Waals surface area contributed by atoms with Crippen LogP contribution in [0.5, 0.6) is 0 Å². The first kappa shape index (κ1) is 27.5. The fourth-order valence-electron chi connectivity index (χ4n) is 5.99. The lowest BCUT2D eigenvalue weighted by atomic mass is 9.94. The summed E-state index contributed by atoms with van der Waals surface area (Å²) in [6, 6.07) is 8.63. The zero-order chi connectivity index (χ0) is 28.9. The van der Waals surface area contributed by atoms with E-state index >= 15 is 0 Å². The normalized spacial score (nSPS) is 27.8. The molecule has 0 radical (unpaired) electrons. The van der Waals surface area contributed by atoms with Gasteiger partial charge >= 0.3 is 0 Å². The maximum Gasteiger partial charge on any atom is 0.252 e. The van der Waals surface area contributed by atoms with Crippen molar-refractivity contribution in [3.63, 3.8) is 0 Å². The van der Waals surface area contributed by atoms with E-state index in [1.165, 1.54) is 16.8 Å². The molecule has 13 nitrogen and oxygen atoms in total. The molecular weight excluding hydrogens is 557 g/mol. The fraction of sp³-hybridized carbons (Fsp3) is 0.462. The highest BCUT2D eigenvalue weighted by Crippen LogP contribution is 2.37. The van der Waals surface area contributed by atoms with Crippen molar-refractivity contribution in [1.82, 2.24) is 24.9 Å². The van der Waals surface area contributed by atoms with Crippen molar-refractivity contribution in [2.45, 2.75) is 49.3 Å². The summed E-state index contributed by atoms with van der Waals surface area (Å²) in [6.07, 6.45) is 2.11. The molecule has 0 saturated carbocycles. The van der Waals surface area contributed by atoms with Crippen molar-refractivity contribution in [1.29, 1.82) is 0 Å².